The second-order valence-electron chi connectivity index (χ2n) is 3.34. The van der Waals surface area contributed by atoms with E-state index in [1.165, 1.54) is 10.9 Å². The van der Waals surface area contributed by atoms with Crippen LogP contribution in [0.2, 0.25) is 0 Å². The number of likely N-dealkylation sites (N-methyl/N-ethyl adjacent to an activating group) is 1. The maximum absolute atomic E-state index is 11.1. The second-order valence-corrected chi connectivity index (χ2v) is 4.87. The van der Waals surface area contributed by atoms with Crippen molar-refractivity contribution in [2.45, 2.75) is 17.5 Å². The van der Waals surface area contributed by atoms with E-state index < -0.39 is 10.0 Å². The van der Waals surface area contributed by atoms with Crippen molar-refractivity contribution in [3.63, 3.8) is 0 Å². The quantitative estimate of drug-likeness (QED) is 0.647. The molecule has 1 atom stereocenters. The number of sulfonamides is 1. The van der Waals surface area contributed by atoms with Gasteiger partial charge in [-0.1, -0.05) is 0 Å². The molecule has 0 aromatic carbocycles. The summed E-state index contributed by atoms with van der Waals surface area (Å²) < 4.78 is 29.1. The highest BCUT2D eigenvalue weighted by Crippen LogP contribution is 2.25. The summed E-state index contributed by atoms with van der Waals surface area (Å²) in [5, 5.41) is 12.0. The van der Waals surface area contributed by atoms with Gasteiger partial charge in [-0.25, -0.2) is 18.2 Å². The van der Waals surface area contributed by atoms with Gasteiger partial charge in [0.1, 0.15) is 6.61 Å². The minimum absolute atomic E-state index is 0.0583. The maximum Gasteiger partial charge on any atom is 0.245 e. The first-order valence-electron chi connectivity index (χ1n) is 4.41. The van der Waals surface area contributed by atoms with Gasteiger partial charge < -0.3 is 10.1 Å². The average Bonchev–Trinajstić information content (AvgIpc) is 2.59. The van der Waals surface area contributed by atoms with Crippen LogP contribution in [0.15, 0.2) is 11.1 Å². The van der Waals surface area contributed by atoms with Crippen molar-refractivity contribution in [3.8, 4) is 5.88 Å². The summed E-state index contributed by atoms with van der Waals surface area (Å²) in [6, 6.07) is 0.130. The molecule has 2 rings (SSSR count). The van der Waals surface area contributed by atoms with E-state index in [0.29, 0.717) is 13.2 Å². The van der Waals surface area contributed by atoms with Crippen LogP contribution in [0.3, 0.4) is 0 Å². The van der Waals surface area contributed by atoms with Crippen LogP contribution >= 0.6 is 0 Å². The lowest BCUT2D eigenvalue weighted by Gasteiger charge is -2.23. The van der Waals surface area contributed by atoms with E-state index in [0.717, 1.165) is 0 Å². The average molecular weight is 232 g/mol. The third-order valence-electron chi connectivity index (χ3n) is 2.29. The molecule has 0 unspecified atom stereocenters. The van der Waals surface area contributed by atoms with Crippen LogP contribution in [-0.2, 0) is 16.6 Å². The number of hydrogen-bond acceptors (Lipinski definition) is 5. The van der Waals surface area contributed by atoms with Crippen LogP contribution in [0.25, 0.3) is 0 Å². The minimum atomic E-state index is -3.75. The number of rotatable bonds is 2. The summed E-state index contributed by atoms with van der Waals surface area (Å²) in [5.41, 5.74) is 0. The summed E-state index contributed by atoms with van der Waals surface area (Å²) in [7, 11) is -1.95. The molecule has 2 heterocycles. The van der Waals surface area contributed by atoms with Crippen molar-refractivity contribution in [1.82, 2.24) is 15.1 Å². The summed E-state index contributed by atoms with van der Waals surface area (Å²) >= 11 is 0. The highest BCUT2D eigenvalue weighted by atomic mass is 32.2. The molecule has 8 heteroatoms. The fourth-order valence-electron chi connectivity index (χ4n) is 1.44. The molecule has 1 aliphatic rings. The molecular weight excluding hydrogens is 220 g/mol. The van der Waals surface area contributed by atoms with E-state index in [2.05, 4.69) is 10.4 Å². The largest absolute Gasteiger partial charge is 0.475 e. The fraction of sp³-hybridized carbons (Fsp3) is 0.571. The predicted molar refractivity (Wildman–Crippen MR) is 51.9 cm³/mol. The molecule has 7 nitrogen and oxygen atoms in total. The van der Waals surface area contributed by atoms with E-state index in [4.69, 9.17) is 9.88 Å². The first-order valence-corrected chi connectivity index (χ1v) is 5.95. The van der Waals surface area contributed by atoms with Crippen LogP contribution in [-0.4, -0.2) is 37.9 Å². The second kappa shape index (κ2) is 3.47. The van der Waals surface area contributed by atoms with Crippen LogP contribution in [0, 0.1) is 0 Å². The van der Waals surface area contributed by atoms with Gasteiger partial charge in [0.05, 0.1) is 18.8 Å². The number of ether oxygens (including phenoxy) is 1. The van der Waals surface area contributed by atoms with Crippen molar-refractivity contribution in [1.29, 1.82) is 0 Å². The molecule has 0 saturated carbocycles. The number of fused-ring (bicyclic) bond motifs is 1. The molecule has 1 aliphatic heterocycles. The minimum Gasteiger partial charge on any atom is -0.475 e. The zero-order chi connectivity index (χ0) is 11.1. The molecule has 0 saturated heterocycles. The van der Waals surface area contributed by atoms with Crippen LogP contribution in [0.5, 0.6) is 5.88 Å². The van der Waals surface area contributed by atoms with Crippen LogP contribution in [0.1, 0.15) is 0 Å². The monoisotopic (exact) mass is 232 g/mol. The number of nitrogens with one attached hydrogen (secondary N) is 1. The normalized spacial score (nSPS) is 20.8. The summed E-state index contributed by atoms with van der Waals surface area (Å²) in [6.45, 7) is 0.978. The van der Waals surface area contributed by atoms with Gasteiger partial charge in [0, 0.05) is 0 Å². The first-order chi connectivity index (χ1) is 7.02. The molecule has 0 aliphatic carbocycles. The van der Waals surface area contributed by atoms with E-state index in [1.54, 1.807) is 0 Å². The maximum atomic E-state index is 11.1. The van der Waals surface area contributed by atoms with E-state index in [9.17, 15) is 8.42 Å². The molecule has 1 aromatic rings. The third kappa shape index (κ3) is 1.83. The fourth-order valence-corrected chi connectivity index (χ4v) is 2.05. The summed E-state index contributed by atoms with van der Waals surface area (Å²) in [6.07, 6.45) is 1.21. The van der Waals surface area contributed by atoms with Gasteiger partial charge in [0.15, 0.2) is 4.90 Å². The Morgan fingerprint density at radius 2 is 2.47 bits per heavy atom. The smallest absolute Gasteiger partial charge is 0.245 e. The molecule has 84 valence electrons. The first kappa shape index (κ1) is 10.4. The molecule has 0 spiro atoms. The number of aromatic nitrogens is 2. The van der Waals surface area contributed by atoms with Crippen LogP contribution < -0.4 is 15.2 Å². The standard InChI is InChI=1S/C7H12N4O3S/c1-9-5-3-11-7(14-4-5)6(2-10-11)15(8,12)13/h2,5,9H,3-4H2,1H3,(H2,8,12,13)/t5-/m0/s1. The highest BCUT2D eigenvalue weighted by molar-refractivity contribution is 7.89. The number of hydrogen-bond donors (Lipinski definition) is 2. The van der Waals surface area contributed by atoms with Crippen molar-refractivity contribution in [2.75, 3.05) is 13.7 Å². The van der Waals surface area contributed by atoms with Gasteiger partial charge in [-0.2, -0.15) is 5.10 Å². The Morgan fingerprint density at radius 1 is 1.73 bits per heavy atom. The topological polar surface area (TPSA) is 99.2 Å². The Morgan fingerprint density at radius 3 is 3.07 bits per heavy atom. The number of primary sulfonamides is 1. The van der Waals surface area contributed by atoms with Gasteiger partial charge >= 0.3 is 0 Å². The molecule has 15 heavy (non-hydrogen) atoms. The Hall–Kier alpha value is -1.12. The van der Waals surface area contributed by atoms with Gasteiger partial charge in [-0.05, 0) is 7.05 Å². The van der Waals surface area contributed by atoms with Crippen molar-refractivity contribution in [3.05, 3.63) is 6.20 Å². The Balaban J connectivity index is 2.38. The van der Waals surface area contributed by atoms with Crippen molar-refractivity contribution >= 4 is 10.0 Å². The number of nitrogens with two attached hydrogens (primary N) is 1. The SMILES string of the molecule is CN[C@@H]1COc2c(S(N)(=O)=O)cnn2C1. The molecule has 0 fully saturated rings. The van der Waals surface area contributed by atoms with Crippen molar-refractivity contribution in [2.24, 2.45) is 5.14 Å². The summed E-state index contributed by atoms with van der Waals surface area (Å²) in [4.78, 5) is -0.0583. The van der Waals surface area contributed by atoms with Gasteiger partial charge in [0.25, 0.3) is 0 Å². The van der Waals surface area contributed by atoms with Crippen molar-refractivity contribution < 1.29 is 13.2 Å². The van der Waals surface area contributed by atoms with E-state index in [1.807, 2.05) is 7.05 Å². The predicted octanol–water partition coefficient (Wildman–Crippen LogP) is -1.49. The molecule has 0 bridgehead atoms. The van der Waals surface area contributed by atoms with E-state index in [-0.39, 0.29) is 16.8 Å². The molecule has 1 aromatic heterocycles. The Bertz CT molecular complexity index is 467. The highest BCUT2D eigenvalue weighted by Gasteiger charge is 2.26. The lowest BCUT2D eigenvalue weighted by atomic mass is 10.3. The Kier molecular flexibility index (Phi) is 2.41. The lowest BCUT2D eigenvalue weighted by molar-refractivity contribution is 0.184. The molecule has 0 amide bonds. The van der Waals surface area contributed by atoms with Gasteiger partial charge in [0.2, 0.25) is 15.9 Å². The van der Waals surface area contributed by atoms with E-state index >= 15 is 0 Å². The zero-order valence-electron chi connectivity index (χ0n) is 8.17. The van der Waals surface area contributed by atoms with Gasteiger partial charge in [-0.15, -0.1) is 0 Å². The third-order valence-corrected chi connectivity index (χ3v) is 3.18. The number of nitrogens with zero attached hydrogens (tertiary/aromatic N) is 2. The summed E-state index contributed by atoms with van der Waals surface area (Å²) in [5.74, 6) is 0.226. The molecule has 0 radical (unpaired) electrons. The molecular formula is C7H12N4O3S. The Labute approximate surface area is 87.3 Å². The van der Waals surface area contributed by atoms with Crippen LogP contribution in [0.4, 0.5) is 0 Å². The molecule has 3 N–H and O–H groups in total. The zero-order valence-corrected chi connectivity index (χ0v) is 8.99. The van der Waals surface area contributed by atoms with Gasteiger partial charge in [-0.3, -0.25) is 0 Å². The lowest BCUT2D eigenvalue weighted by Crippen LogP contribution is -2.40.